The van der Waals surface area contributed by atoms with Crippen molar-refractivity contribution in [2.45, 2.75) is 33.8 Å². The molecule has 0 amide bonds. The largest absolute Gasteiger partial charge is 0.460 e. The van der Waals surface area contributed by atoms with Crippen LogP contribution in [0.4, 0.5) is 18.9 Å². The standard InChI is InChI=1S/C18H20Cl2F3NO2/c1-4-5-24-16-9(15(23)11(21)7-12(16)22)8-26-17(25)14-10(6-13(19)20)18(14,2)3/h6-7,10,14,24H,4-5,8H2,1-3H3/t10-,14+/m1/s1. The van der Waals surface area contributed by atoms with Crippen molar-refractivity contribution < 1.29 is 22.7 Å². The Hall–Kier alpha value is -1.40. The van der Waals surface area contributed by atoms with E-state index in [2.05, 4.69) is 5.32 Å². The molecule has 0 saturated heterocycles. The van der Waals surface area contributed by atoms with Gasteiger partial charge in [0.15, 0.2) is 11.6 Å². The number of benzene rings is 1. The van der Waals surface area contributed by atoms with Crippen molar-refractivity contribution in [1.29, 1.82) is 0 Å². The SMILES string of the molecule is CCCNc1c(F)cc(F)c(F)c1COC(=O)[C@@H]1[C@@H](C=C(Cl)Cl)C1(C)C. The molecule has 2 rings (SSSR count). The summed E-state index contributed by atoms with van der Waals surface area (Å²) in [6.07, 6.45) is 2.20. The summed E-state index contributed by atoms with van der Waals surface area (Å²) in [5.41, 5.74) is -0.972. The Kier molecular flexibility index (Phi) is 6.51. The first-order valence-electron chi connectivity index (χ1n) is 8.20. The quantitative estimate of drug-likeness (QED) is 0.473. The number of carbonyl (C=O) groups excluding carboxylic acids is 1. The first kappa shape index (κ1) is 20.9. The predicted octanol–water partition coefficient (Wildman–Crippen LogP) is 5.56. The van der Waals surface area contributed by atoms with Crippen LogP contribution in [0.15, 0.2) is 16.6 Å². The molecule has 0 aromatic heterocycles. The minimum absolute atomic E-state index is 0.0441. The number of rotatable bonds is 7. The zero-order valence-corrected chi connectivity index (χ0v) is 16.1. The molecule has 1 fully saturated rings. The Bertz CT molecular complexity index is 734. The number of ether oxygens (including phenoxy) is 1. The Labute approximate surface area is 160 Å². The Morgan fingerprint density at radius 3 is 2.54 bits per heavy atom. The van der Waals surface area contributed by atoms with Gasteiger partial charge < -0.3 is 10.1 Å². The maximum Gasteiger partial charge on any atom is 0.310 e. The van der Waals surface area contributed by atoms with Gasteiger partial charge in [0, 0.05) is 12.6 Å². The fourth-order valence-corrected chi connectivity index (χ4v) is 3.30. The smallest absolute Gasteiger partial charge is 0.310 e. The van der Waals surface area contributed by atoms with Crippen LogP contribution < -0.4 is 5.32 Å². The van der Waals surface area contributed by atoms with Gasteiger partial charge in [-0.05, 0) is 23.8 Å². The summed E-state index contributed by atoms with van der Waals surface area (Å²) in [4.78, 5) is 12.3. The topological polar surface area (TPSA) is 38.3 Å². The van der Waals surface area contributed by atoms with Gasteiger partial charge in [0.2, 0.25) is 0 Å². The fraction of sp³-hybridized carbons (Fsp3) is 0.500. The van der Waals surface area contributed by atoms with E-state index in [1.54, 1.807) is 6.08 Å². The molecule has 0 aliphatic heterocycles. The molecule has 0 radical (unpaired) electrons. The Balaban J connectivity index is 2.17. The average Bonchev–Trinajstić information content (AvgIpc) is 3.07. The van der Waals surface area contributed by atoms with Gasteiger partial charge in [-0.3, -0.25) is 4.79 Å². The number of nitrogens with one attached hydrogen (secondary N) is 1. The molecule has 2 atom stereocenters. The highest BCUT2D eigenvalue weighted by Gasteiger charge is 2.61. The first-order valence-corrected chi connectivity index (χ1v) is 8.96. The lowest BCUT2D eigenvalue weighted by Gasteiger charge is -2.14. The van der Waals surface area contributed by atoms with Crippen molar-refractivity contribution in [2.24, 2.45) is 17.3 Å². The van der Waals surface area contributed by atoms with Crippen LogP contribution in [0.25, 0.3) is 0 Å². The second-order valence-electron chi connectivity index (χ2n) is 6.82. The second-order valence-corrected chi connectivity index (χ2v) is 7.83. The third kappa shape index (κ3) is 4.29. The highest BCUT2D eigenvalue weighted by Crippen LogP contribution is 2.60. The van der Waals surface area contributed by atoms with Gasteiger partial charge in [0.25, 0.3) is 0 Å². The molecule has 3 nitrogen and oxygen atoms in total. The van der Waals surface area contributed by atoms with Crippen LogP contribution in [0, 0.1) is 34.7 Å². The van der Waals surface area contributed by atoms with Gasteiger partial charge in [-0.2, -0.15) is 0 Å². The lowest BCUT2D eigenvalue weighted by molar-refractivity contribution is -0.147. The van der Waals surface area contributed by atoms with E-state index in [-0.39, 0.29) is 21.7 Å². The molecule has 0 unspecified atom stereocenters. The van der Waals surface area contributed by atoms with Gasteiger partial charge in [-0.25, -0.2) is 13.2 Å². The predicted molar refractivity (Wildman–Crippen MR) is 95.4 cm³/mol. The van der Waals surface area contributed by atoms with Crippen molar-refractivity contribution in [3.63, 3.8) is 0 Å². The third-order valence-corrected chi connectivity index (χ3v) is 4.90. The van der Waals surface area contributed by atoms with E-state index >= 15 is 0 Å². The number of carbonyl (C=O) groups is 1. The molecule has 8 heteroatoms. The third-order valence-electron chi connectivity index (χ3n) is 4.65. The Morgan fingerprint density at radius 1 is 1.31 bits per heavy atom. The molecule has 1 aromatic rings. The molecule has 1 saturated carbocycles. The van der Waals surface area contributed by atoms with Gasteiger partial charge in [-0.15, -0.1) is 0 Å². The molecule has 0 heterocycles. The van der Waals surface area contributed by atoms with E-state index in [4.69, 9.17) is 27.9 Å². The number of allylic oxidation sites excluding steroid dienone is 1. The van der Waals surface area contributed by atoms with E-state index in [0.29, 0.717) is 19.0 Å². The molecular formula is C18H20Cl2F3NO2. The van der Waals surface area contributed by atoms with E-state index in [1.807, 2.05) is 20.8 Å². The van der Waals surface area contributed by atoms with Crippen LogP contribution in [-0.4, -0.2) is 12.5 Å². The number of hydrogen-bond donors (Lipinski definition) is 1. The molecule has 1 aliphatic rings. The molecule has 26 heavy (non-hydrogen) atoms. The van der Waals surface area contributed by atoms with Crippen LogP contribution in [0.3, 0.4) is 0 Å². The van der Waals surface area contributed by atoms with E-state index in [0.717, 1.165) is 0 Å². The highest BCUT2D eigenvalue weighted by atomic mass is 35.5. The second kappa shape index (κ2) is 8.09. The zero-order valence-electron chi connectivity index (χ0n) is 14.6. The summed E-state index contributed by atoms with van der Waals surface area (Å²) in [6.45, 7) is 5.30. The maximum absolute atomic E-state index is 14.1. The lowest BCUT2D eigenvalue weighted by atomic mass is 10.1. The summed E-state index contributed by atoms with van der Waals surface area (Å²) < 4.78 is 46.8. The number of hydrogen-bond acceptors (Lipinski definition) is 3. The highest BCUT2D eigenvalue weighted by molar-refractivity contribution is 6.55. The summed E-state index contributed by atoms with van der Waals surface area (Å²) in [6, 6.07) is 0.464. The van der Waals surface area contributed by atoms with Crippen molar-refractivity contribution >= 4 is 34.9 Å². The zero-order chi connectivity index (χ0) is 19.6. The van der Waals surface area contributed by atoms with E-state index < -0.39 is 41.4 Å². The molecule has 1 aromatic carbocycles. The van der Waals surface area contributed by atoms with Crippen LogP contribution in [0.1, 0.15) is 32.8 Å². The molecule has 0 bridgehead atoms. The van der Waals surface area contributed by atoms with Crippen LogP contribution in [0.2, 0.25) is 0 Å². The van der Waals surface area contributed by atoms with Crippen LogP contribution >= 0.6 is 23.2 Å². The van der Waals surface area contributed by atoms with E-state index in [1.165, 1.54) is 0 Å². The van der Waals surface area contributed by atoms with Crippen molar-refractivity contribution in [2.75, 3.05) is 11.9 Å². The summed E-state index contributed by atoms with van der Waals surface area (Å²) in [5, 5.41) is 2.70. The number of halogens is 5. The Morgan fingerprint density at radius 2 is 1.96 bits per heavy atom. The summed E-state index contributed by atoms with van der Waals surface area (Å²) in [5.74, 6) is -4.85. The normalized spacial score (nSPS) is 20.5. The van der Waals surface area contributed by atoms with Crippen molar-refractivity contribution in [3.05, 3.63) is 39.6 Å². The average molecular weight is 410 g/mol. The molecule has 1 aliphatic carbocycles. The van der Waals surface area contributed by atoms with Gasteiger partial charge in [-0.1, -0.05) is 44.0 Å². The van der Waals surface area contributed by atoms with Crippen molar-refractivity contribution in [1.82, 2.24) is 0 Å². The summed E-state index contributed by atoms with van der Waals surface area (Å²) in [7, 11) is 0. The first-order chi connectivity index (χ1) is 12.1. The van der Waals surface area contributed by atoms with Crippen LogP contribution in [0.5, 0.6) is 0 Å². The number of esters is 1. The molecule has 0 spiro atoms. The van der Waals surface area contributed by atoms with E-state index in [9.17, 15) is 18.0 Å². The lowest BCUT2D eigenvalue weighted by Crippen LogP contribution is -2.14. The molecular weight excluding hydrogens is 390 g/mol. The monoisotopic (exact) mass is 409 g/mol. The fourth-order valence-electron chi connectivity index (χ4n) is 3.03. The minimum atomic E-state index is -1.34. The van der Waals surface area contributed by atoms with Gasteiger partial charge >= 0.3 is 5.97 Å². The van der Waals surface area contributed by atoms with Gasteiger partial charge in [0.05, 0.1) is 17.2 Å². The maximum atomic E-state index is 14.1. The number of anilines is 1. The van der Waals surface area contributed by atoms with Crippen molar-refractivity contribution in [3.8, 4) is 0 Å². The summed E-state index contributed by atoms with van der Waals surface area (Å²) >= 11 is 11.3. The van der Waals surface area contributed by atoms with Gasteiger partial charge in [0.1, 0.15) is 16.9 Å². The minimum Gasteiger partial charge on any atom is -0.460 e. The molecule has 1 N–H and O–H groups in total. The van der Waals surface area contributed by atoms with Crippen LogP contribution in [-0.2, 0) is 16.1 Å². The molecule has 144 valence electrons.